The van der Waals surface area contributed by atoms with Gasteiger partial charge in [0.05, 0.1) is 48.9 Å². The van der Waals surface area contributed by atoms with Gasteiger partial charge in [-0.25, -0.2) is 8.42 Å². The molecule has 0 aliphatic carbocycles. The Morgan fingerprint density at radius 1 is 1.19 bits per heavy atom. The van der Waals surface area contributed by atoms with E-state index in [1.807, 2.05) is 6.07 Å². The number of carbonyl (C=O) groups is 1. The van der Waals surface area contributed by atoms with Gasteiger partial charge in [-0.1, -0.05) is 45.4 Å². The fourth-order valence-electron chi connectivity index (χ4n) is 3.83. The molecule has 170 valence electrons. The monoisotopic (exact) mass is 558 g/mol. The molecule has 1 amide bonds. The van der Waals surface area contributed by atoms with Crippen LogP contribution in [-0.2, 0) is 21.1 Å². The molecule has 0 unspecified atom stereocenters. The van der Waals surface area contributed by atoms with E-state index in [1.165, 1.54) is 18.9 Å². The van der Waals surface area contributed by atoms with Gasteiger partial charge >= 0.3 is 0 Å². The van der Waals surface area contributed by atoms with Gasteiger partial charge in [0, 0.05) is 9.72 Å². The fraction of sp³-hybridized carbons (Fsp3) is 0.333. The Morgan fingerprint density at radius 2 is 1.94 bits per heavy atom. The summed E-state index contributed by atoms with van der Waals surface area (Å²) in [5.41, 5.74) is 1.36. The van der Waals surface area contributed by atoms with Gasteiger partial charge < -0.3 is 14.4 Å². The van der Waals surface area contributed by atoms with Gasteiger partial charge in [-0.15, -0.1) is 0 Å². The average molecular weight is 560 g/mol. The van der Waals surface area contributed by atoms with Gasteiger partial charge in [-0.3, -0.25) is 4.79 Å². The number of ether oxygens (including phenoxy) is 2. The number of anilines is 1. The molecule has 2 saturated heterocycles. The third-order valence-corrected chi connectivity index (χ3v) is 9.27. The molecule has 0 N–H and O–H groups in total. The number of thioether (sulfide) groups is 1. The van der Waals surface area contributed by atoms with Crippen LogP contribution >= 0.6 is 39.3 Å². The van der Waals surface area contributed by atoms with Crippen molar-refractivity contribution < 1.29 is 22.7 Å². The zero-order chi connectivity index (χ0) is 23.0. The van der Waals surface area contributed by atoms with Crippen molar-refractivity contribution >= 4 is 65.9 Å². The summed E-state index contributed by atoms with van der Waals surface area (Å²) in [6.45, 7) is 0. The molecule has 0 radical (unpaired) electrons. The summed E-state index contributed by atoms with van der Waals surface area (Å²) in [4.78, 5) is 19.0. The van der Waals surface area contributed by atoms with E-state index in [1.54, 1.807) is 42.3 Å². The quantitative estimate of drug-likeness (QED) is 0.548. The van der Waals surface area contributed by atoms with Crippen molar-refractivity contribution in [3.8, 4) is 11.5 Å². The Morgan fingerprint density at radius 3 is 2.62 bits per heavy atom. The second-order valence-corrected chi connectivity index (χ2v) is 12.1. The van der Waals surface area contributed by atoms with Gasteiger partial charge in [0.15, 0.2) is 26.5 Å². The molecule has 0 spiro atoms. The molecular formula is C21H20BrClN2O5S2. The summed E-state index contributed by atoms with van der Waals surface area (Å²) in [6, 6.07) is 10.3. The maximum absolute atomic E-state index is 12.8. The zero-order valence-corrected chi connectivity index (χ0v) is 21.2. The molecule has 0 aromatic heterocycles. The number of sulfone groups is 1. The minimum Gasteiger partial charge on any atom is -0.493 e. The lowest BCUT2D eigenvalue weighted by Gasteiger charge is -2.25. The van der Waals surface area contributed by atoms with Crippen LogP contribution in [0.3, 0.4) is 0 Å². The van der Waals surface area contributed by atoms with Crippen LogP contribution in [0, 0.1) is 0 Å². The van der Waals surface area contributed by atoms with E-state index in [2.05, 4.69) is 20.9 Å². The standard InChI is InChI=1S/C21H20BrClN2O5S2/c1-29-17-6-3-12(7-18(17)30-2)8-20(26)24-21-25(15-5-4-13(22)9-14(15)23)16-10-32(27,28)11-19(16)31-21/h3-7,9,16,19H,8,10-11H2,1-2H3/t16-,19+/m1/s1. The van der Waals surface area contributed by atoms with E-state index in [4.69, 9.17) is 21.1 Å². The third-order valence-electron chi connectivity index (χ3n) is 5.26. The minimum absolute atomic E-state index is 0.0000509. The van der Waals surface area contributed by atoms with E-state index < -0.39 is 9.84 Å². The summed E-state index contributed by atoms with van der Waals surface area (Å²) in [6.07, 6.45) is 0.0694. The van der Waals surface area contributed by atoms with Crippen LogP contribution in [0.5, 0.6) is 11.5 Å². The molecule has 0 saturated carbocycles. The maximum atomic E-state index is 12.8. The van der Waals surface area contributed by atoms with Gasteiger partial charge in [-0.2, -0.15) is 4.99 Å². The third kappa shape index (κ3) is 4.78. The van der Waals surface area contributed by atoms with Crippen LogP contribution in [-0.4, -0.2) is 56.5 Å². The van der Waals surface area contributed by atoms with E-state index in [0.29, 0.717) is 27.4 Å². The van der Waals surface area contributed by atoms with Crippen molar-refractivity contribution in [3.63, 3.8) is 0 Å². The summed E-state index contributed by atoms with van der Waals surface area (Å²) in [7, 11) is -0.0830. The lowest BCUT2D eigenvalue weighted by atomic mass is 10.1. The van der Waals surface area contributed by atoms with Crippen LogP contribution in [0.1, 0.15) is 5.56 Å². The molecule has 2 aromatic carbocycles. The highest BCUT2D eigenvalue weighted by Gasteiger charge is 2.49. The first kappa shape index (κ1) is 23.4. The van der Waals surface area contributed by atoms with E-state index >= 15 is 0 Å². The van der Waals surface area contributed by atoms with Crippen LogP contribution in [0.25, 0.3) is 0 Å². The number of rotatable bonds is 5. The number of benzene rings is 2. The number of halogens is 2. The zero-order valence-electron chi connectivity index (χ0n) is 17.2. The maximum Gasteiger partial charge on any atom is 0.252 e. The summed E-state index contributed by atoms with van der Waals surface area (Å²) in [5, 5.41) is 0.710. The molecule has 2 aromatic rings. The second kappa shape index (κ2) is 9.24. The van der Waals surface area contributed by atoms with Gasteiger partial charge in [-0.05, 0) is 35.9 Å². The van der Waals surface area contributed by atoms with Crippen molar-refractivity contribution in [1.29, 1.82) is 0 Å². The first-order valence-corrected chi connectivity index (χ1v) is 13.5. The Balaban J connectivity index is 1.64. The smallest absolute Gasteiger partial charge is 0.252 e. The van der Waals surface area contributed by atoms with Crippen molar-refractivity contribution in [3.05, 3.63) is 51.5 Å². The van der Waals surface area contributed by atoms with Crippen molar-refractivity contribution in [2.45, 2.75) is 17.7 Å². The van der Waals surface area contributed by atoms with Crippen molar-refractivity contribution in [2.24, 2.45) is 4.99 Å². The second-order valence-electron chi connectivity index (χ2n) is 7.42. The number of fused-ring (bicyclic) bond motifs is 1. The molecule has 2 heterocycles. The van der Waals surface area contributed by atoms with Crippen molar-refractivity contribution in [2.75, 3.05) is 30.6 Å². The number of hydrogen-bond acceptors (Lipinski definition) is 6. The number of methoxy groups -OCH3 is 2. The largest absolute Gasteiger partial charge is 0.493 e. The van der Waals surface area contributed by atoms with E-state index in [0.717, 1.165) is 10.0 Å². The molecule has 11 heteroatoms. The fourth-order valence-corrected chi connectivity index (χ4v) is 8.52. The number of aliphatic imine (C=N–C) groups is 1. The predicted molar refractivity (Wildman–Crippen MR) is 131 cm³/mol. The lowest BCUT2D eigenvalue weighted by molar-refractivity contribution is -0.117. The Kier molecular flexibility index (Phi) is 6.76. The van der Waals surface area contributed by atoms with Gasteiger partial charge in [0.25, 0.3) is 5.91 Å². The SMILES string of the molecule is COc1ccc(CC(=O)N=C2S[C@H]3CS(=O)(=O)C[C@H]3N2c2ccc(Br)cc2Cl)cc1OC. The minimum atomic E-state index is -3.16. The number of carbonyl (C=O) groups excluding carboxylic acids is 1. The summed E-state index contributed by atoms with van der Waals surface area (Å²) >= 11 is 11.2. The molecule has 0 bridgehead atoms. The molecule has 32 heavy (non-hydrogen) atoms. The number of nitrogens with zero attached hydrogens (tertiary/aromatic N) is 2. The van der Waals surface area contributed by atoms with Crippen LogP contribution in [0.4, 0.5) is 5.69 Å². The first-order chi connectivity index (χ1) is 15.2. The highest BCUT2D eigenvalue weighted by Crippen LogP contribution is 2.43. The normalized spacial score (nSPS) is 22.8. The topological polar surface area (TPSA) is 85.3 Å². The van der Waals surface area contributed by atoms with Gasteiger partial charge in [0.1, 0.15) is 0 Å². The van der Waals surface area contributed by atoms with E-state index in [-0.39, 0.29) is 35.1 Å². The highest BCUT2D eigenvalue weighted by molar-refractivity contribution is 9.10. The molecule has 2 fully saturated rings. The van der Waals surface area contributed by atoms with Crippen LogP contribution in [0.15, 0.2) is 45.9 Å². The van der Waals surface area contributed by atoms with Gasteiger partial charge in [0.2, 0.25) is 0 Å². The molecule has 2 aliphatic rings. The average Bonchev–Trinajstić information content (AvgIpc) is 3.19. The summed E-state index contributed by atoms with van der Waals surface area (Å²) in [5.74, 6) is 0.812. The number of hydrogen-bond donors (Lipinski definition) is 0. The Hall–Kier alpha value is -1.75. The Bertz CT molecular complexity index is 1200. The van der Waals surface area contributed by atoms with Crippen molar-refractivity contribution in [1.82, 2.24) is 0 Å². The number of amidine groups is 1. The first-order valence-electron chi connectivity index (χ1n) is 9.64. The predicted octanol–water partition coefficient (Wildman–Crippen LogP) is 3.96. The molecule has 7 nitrogen and oxygen atoms in total. The molecule has 2 aliphatic heterocycles. The highest BCUT2D eigenvalue weighted by atomic mass is 79.9. The number of amides is 1. The summed E-state index contributed by atoms with van der Waals surface area (Å²) < 4.78 is 35.8. The van der Waals surface area contributed by atoms with E-state index in [9.17, 15) is 13.2 Å². The van der Waals surface area contributed by atoms with Crippen LogP contribution < -0.4 is 14.4 Å². The lowest BCUT2D eigenvalue weighted by Crippen LogP contribution is -2.38. The van der Waals surface area contributed by atoms with Crippen LogP contribution in [0.2, 0.25) is 5.02 Å². The molecule has 2 atom stereocenters. The Labute approximate surface area is 204 Å². The molecular weight excluding hydrogens is 540 g/mol. The molecule has 4 rings (SSSR count).